The summed E-state index contributed by atoms with van der Waals surface area (Å²) in [7, 11) is 0. The Kier molecular flexibility index (Phi) is 5.58. The molecule has 0 radical (unpaired) electrons. The molecule has 1 fully saturated rings. The Balaban J connectivity index is 1.58. The lowest BCUT2D eigenvalue weighted by Crippen LogP contribution is -2.52. The molecule has 2 N–H and O–H groups in total. The van der Waals surface area contributed by atoms with E-state index in [4.69, 9.17) is 4.74 Å². The van der Waals surface area contributed by atoms with Crippen LogP contribution in [0.15, 0.2) is 24.3 Å². The minimum atomic E-state index is -0.944. The van der Waals surface area contributed by atoms with E-state index in [9.17, 15) is 19.2 Å². The van der Waals surface area contributed by atoms with E-state index in [1.165, 1.54) is 0 Å². The van der Waals surface area contributed by atoms with Gasteiger partial charge in [-0.05, 0) is 19.1 Å². The van der Waals surface area contributed by atoms with Crippen molar-refractivity contribution in [3.8, 4) is 0 Å². The maximum Gasteiger partial charge on any atom is 0.409 e. The summed E-state index contributed by atoms with van der Waals surface area (Å²) in [5.74, 6) is -1.06. The third-order valence-electron chi connectivity index (χ3n) is 4.59. The lowest BCUT2D eigenvalue weighted by atomic mass is 10.1. The third kappa shape index (κ3) is 4.18. The standard InChI is InChI=1S/C18H22N4O5/c1-2-27-18(26)22-9-7-21(8-10-22)15(23)11-14-17(25)19-13-6-4-3-5-12(13)16(24)20-14/h3-6,14H,2,7-11H2,1H3,(H,19,25)(H,20,24)/t14-/m1/s1. The molecule has 4 amide bonds. The van der Waals surface area contributed by atoms with Crippen molar-refractivity contribution in [1.29, 1.82) is 0 Å². The second kappa shape index (κ2) is 8.07. The van der Waals surface area contributed by atoms with E-state index in [0.29, 0.717) is 44.0 Å². The maximum absolute atomic E-state index is 12.6. The number of ether oxygens (including phenoxy) is 1. The first-order valence-electron chi connectivity index (χ1n) is 8.90. The molecule has 3 rings (SSSR count). The maximum atomic E-state index is 12.6. The van der Waals surface area contributed by atoms with Crippen molar-refractivity contribution in [3.05, 3.63) is 29.8 Å². The van der Waals surface area contributed by atoms with Crippen molar-refractivity contribution >= 4 is 29.5 Å². The van der Waals surface area contributed by atoms with Crippen molar-refractivity contribution < 1.29 is 23.9 Å². The van der Waals surface area contributed by atoms with Crippen molar-refractivity contribution in [2.75, 3.05) is 38.1 Å². The van der Waals surface area contributed by atoms with E-state index < -0.39 is 23.9 Å². The quantitative estimate of drug-likeness (QED) is 0.798. The average Bonchev–Trinajstić information content (AvgIpc) is 2.79. The molecule has 2 aliphatic rings. The third-order valence-corrected chi connectivity index (χ3v) is 4.59. The molecule has 2 aliphatic heterocycles. The Morgan fingerprint density at radius 1 is 1.11 bits per heavy atom. The summed E-state index contributed by atoms with van der Waals surface area (Å²) in [4.78, 5) is 52.1. The minimum Gasteiger partial charge on any atom is -0.450 e. The summed E-state index contributed by atoms with van der Waals surface area (Å²) >= 11 is 0. The second-order valence-electron chi connectivity index (χ2n) is 6.33. The van der Waals surface area contributed by atoms with Crippen LogP contribution in [-0.2, 0) is 14.3 Å². The van der Waals surface area contributed by atoms with Gasteiger partial charge in [0.2, 0.25) is 11.8 Å². The first-order chi connectivity index (χ1) is 13.0. The number of benzene rings is 1. The van der Waals surface area contributed by atoms with Crippen LogP contribution < -0.4 is 10.6 Å². The molecular formula is C18H22N4O5. The van der Waals surface area contributed by atoms with Crippen LogP contribution in [0.25, 0.3) is 0 Å². The molecule has 1 atom stereocenters. The number of hydrogen-bond acceptors (Lipinski definition) is 5. The zero-order valence-corrected chi connectivity index (χ0v) is 15.1. The monoisotopic (exact) mass is 374 g/mol. The number of rotatable bonds is 3. The summed E-state index contributed by atoms with van der Waals surface area (Å²) in [6.45, 7) is 3.51. The Bertz CT molecular complexity index is 758. The van der Waals surface area contributed by atoms with Crippen molar-refractivity contribution in [3.63, 3.8) is 0 Å². The summed E-state index contributed by atoms with van der Waals surface area (Å²) in [6, 6.07) is 5.75. The largest absolute Gasteiger partial charge is 0.450 e. The Morgan fingerprint density at radius 2 is 1.78 bits per heavy atom. The molecule has 0 saturated carbocycles. The molecule has 0 aliphatic carbocycles. The van der Waals surface area contributed by atoms with E-state index >= 15 is 0 Å². The number of anilines is 1. The van der Waals surface area contributed by atoms with Gasteiger partial charge in [0.25, 0.3) is 5.91 Å². The molecular weight excluding hydrogens is 352 g/mol. The zero-order valence-electron chi connectivity index (χ0n) is 15.1. The van der Waals surface area contributed by atoms with Crippen LogP contribution in [-0.4, -0.2) is 72.4 Å². The molecule has 2 heterocycles. The van der Waals surface area contributed by atoms with Gasteiger partial charge < -0.3 is 25.2 Å². The number of carbonyl (C=O) groups is 4. The van der Waals surface area contributed by atoms with Gasteiger partial charge in [0.05, 0.1) is 24.3 Å². The Morgan fingerprint density at radius 3 is 2.48 bits per heavy atom. The highest BCUT2D eigenvalue weighted by molar-refractivity contribution is 6.10. The van der Waals surface area contributed by atoms with Crippen LogP contribution in [0.4, 0.5) is 10.5 Å². The fourth-order valence-corrected chi connectivity index (χ4v) is 3.11. The second-order valence-corrected chi connectivity index (χ2v) is 6.33. The Hall–Kier alpha value is -3.10. The molecule has 9 heteroatoms. The van der Waals surface area contributed by atoms with Gasteiger partial charge in [0, 0.05) is 26.2 Å². The van der Waals surface area contributed by atoms with E-state index in [0.717, 1.165) is 0 Å². The van der Waals surface area contributed by atoms with E-state index in [2.05, 4.69) is 10.6 Å². The van der Waals surface area contributed by atoms with Gasteiger partial charge in [0.1, 0.15) is 6.04 Å². The summed E-state index contributed by atoms with van der Waals surface area (Å²) in [5.41, 5.74) is 0.793. The SMILES string of the molecule is CCOC(=O)N1CCN(C(=O)C[C@H]2NC(=O)c3ccccc3NC2=O)CC1. The van der Waals surface area contributed by atoms with Crippen LogP contribution >= 0.6 is 0 Å². The van der Waals surface area contributed by atoms with E-state index in [-0.39, 0.29) is 12.3 Å². The van der Waals surface area contributed by atoms with Crippen LogP contribution in [0.5, 0.6) is 0 Å². The highest BCUT2D eigenvalue weighted by Gasteiger charge is 2.32. The van der Waals surface area contributed by atoms with Crippen LogP contribution in [0.2, 0.25) is 0 Å². The topological polar surface area (TPSA) is 108 Å². The van der Waals surface area contributed by atoms with E-state index in [1.54, 1.807) is 41.0 Å². The van der Waals surface area contributed by atoms with Gasteiger partial charge in [-0.2, -0.15) is 0 Å². The fourth-order valence-electron chi connectivity index (χ4n) is 3.11. The summed E-state index contributed by atoms with van der Waals surface area (Å²) in [6.07, 6.45) is -0.525. The number of amides is 4. The molecule has 1 saturated heterocycles. The summed E-state index contributed by atoms with van der Waals surface area (Å²) < 4.78 is 4.95. The first-order valence-corrected chi connectivity index (χ1v) is 8.90. The predicted molar refractivity (Wildman–Crippen MR) is 96.1 cm³/mol. The lowest BCUT2D eigenvalue weighted by Gasteiger charge is -2.34. The lowest BCUT2D eigenvalue weighted by molar-refractivity contribution is -0.135. The molecule has 0 aromatic heterocycles. The van der Waals surface area contributed by atoms with Crippen LogP contribution in [0.3, 0.4) is 0 Å². The molecule has 0 unspecified atom stereocenters. The smallest absolute Gasteiger partial charge is 0.409 e. The van der Waals surface area contributed by atoms with Gasteiger partial charge in [0.15, 0.2) is 0 Å². The van der Waals surface area contributed by atoms with Crippen LogP contribution in [0.1, 0.15) is 23.7 Å². The fraction of sp³-hybridized carbons (Fsp3) is 0.444. The van der Waals surface area contributed by atoms with E-state index in [1.807, 2.05) is 0 Å². The van der Waals surface area contributed by atoms with Crippen LogP contribution in [0, 0.1) is 0 Å². The zero-order chi connectivity index (χ0) is 19.4. The predicted octanol–water partition coefficient (Wildman–Crippen LogP) is 0.428. The highest BCUT2D eigenvalue weighted by Crippen LogP contribution is 2.19. The molecule has 1 aromatic carbocycles. The molecule has 0 bridgehead atoms. The van der Waals surface area contributed by atoms with Gasteiger partial charge in [-0.15, -0.1) is 0 Å². The number of nitrogens with zero attached hydrogens (tertiary/aromatic N) is 2. The number of carbonyl (C=O) groups excluding carboxylic acids is 4. The van der Waals surface area contributed by atoms with Crippen molar-refractivity contribution in [2.45, 2.75) is 19.4 Å². The number of piperazine rings is 1. The molecule has 0 spiro atoms. The number of para-hydroxylation sites is 1. The van der Waals surface area contributed by atoms with Gasteiger partial charge in [-0.1, -0.05) is 12.1 Å². The normalized spacial score (nSPS) is 19.5. The molecule has 1 aromatic rings. The molecule has 9 nitrogen and oxygen atoms in total. The van der Waals surface area contributed by atoms with Crippen molar-refractivity contribution in [1.82, 2.24) is 15.1 Å². The number of fused-ring (bicyclic) bond motifs is 1. The Labute approximate surface area is 156 Å². The van der Waals surface area contributed by atoms with Crippen molar-refractivity contribution in [2.24, 2.45) is 0 Å². The van der Waals surface area contributed by atoms with Gasteiger partial charge in [-0.3, -0.25) is 14.4 Å². The molecule has 144 valence electrons. The number of nitrogens with one attached hydrogen (secondary N) is 2. The molecule has 27 heavy (non-hydrogen) atoms. The first kappa shape index (κ1) is 18.7. The van der Waals surface area contributed by atoms with Gasteiger partial charge >= 0.3 is 6.09 Å². The number of hydrogen-bond donors (Lipinski definition) is 2. The average molecular weight is 374 g/mol. The minimum absolute atomic E-state index is 0.134. The van der Waals surface area contributed by atoms with Gasteiger partial charge in [-0.25, -0.2) is 4.79 Å². The highest BCUT2D eigenvalue weighted by atomic mass is 16.6. The summed E-state index contributed by atoms with van der Waals surface area (Å²) in [5, 5.41) is 5.30.